The van der Waals surface area contributed by atoms with Crippen molar-refractivity contribution in [1.82, 2.24) is 24.5 Å². The maximum atomic E-state index is 13.4. The molecule has 2 bridgehead atoms. The van der Waals surface area contributed by atoms with Gasteiger partial charge in [-0.05, 0) is 25.7 Å². The number of nitrogens with zero attached hydrogens (tertiary/aromatic N) is 5. The van der Waals surface area contributed by atoms with Gasteiger partial charge in [0.05, 0.1) is 24.4 Å². The molecule has 2 unspecified atom stereocenters. The van der Waals surface area contributed by atoms with Gasteiger partial charge in [0.1, 0.15) is 5.75 Å². The second-order valence-corrected chi connectivity index (χ2v) is 9.26. The summed E-state index contributed by atoms with van der Waals surface area (Å²) in [7, 11) is 3.14. The molecule has 2 atom stereocenters. The molecular formula is C21H29N5O3. The molecule has 4 heterocycles. The van der Waals surface area contributed by atoms with Gasteiger partial charge in [0.15, 0.2) is 0 Å². The smallest absolute Gasteiger partial charge is 0.259 e. The van der Waals surface area contributed by atoms with Crippen molar-refractivity contribution >= 4 is 5.91 Å². The third kappa shape index (κ3) is 3.45. The molecular weight excluding hydrogens is 370 g/mol. The van der Waals surface area contributed by atoms with Crippen LogP contribution in [0.3, 0.4) is 0 Å². The van der Waals surface area contributed by atoms with Gasteiger partial charge in [-0.15, -0.1) is 5.10 Å². The Balaban J connectivity index is 1.57. The predicted molar refractivity (Wildman–Crippen MR) is 108 cm³/mol. The predicted octanol–water partition coefficient (Wildman–Crippen LogP) is 2.29. The van der Waals surface area contributed by atoms with E-state index in [2.05, 4.69) is 37.3 Å². The van der Waals surface area contributed by atoms with Gasteiger partial charge in [0.25, 0.3) is 11.5 Å². The summed E-state index contributed by atoms with van der Waals surface area (Å²) in [5, 5.41) is 8.74. The number of piperidine rings is 1. The fraction of sp³-hybridized carbons (Fsp3) is 0.619. The van der Waals surface area contributed by atoms with Gasteiger partial charge in [0, 0.05) is 43.0 Å². The fourth-order valence-electron chi connectivity index (χ4n) is 4.58. The average Bonchev–Trinajstić information content (AvgIpc) is 3.26. The Morgan fingerprint density at radius 1 is 1.14 bits per heavy atom. The Hall–Kier alpha value is -2.64. The lowest BCUT2D eigenvalue weighted by Gasteiger charge is -2.39. The highest BCUT2D eigenvalue weighted by Crippen LogP contribution is 2.42. The molecule has 0 aromatic carbocycles. The van der Waals surface area contributed by atoms with Crippen molar-refractivity contribution in [2.24, 2.45) is 7.05 Å². The van der Waals surface area contributed by atoms with Gasteiger partial charge in [-0.2, -0.15) is 0 Å². The lowest BCUT2D eigenvalue weighted by molar-refractivity contribution is 0.0518. The van der Waals surface area contributed by atoms with Crippen LogP contribution >= 0.6 is 0 Å². The van der Waals surface area contributed by atoms with Crippen molar-refractivity contribution in [3.05, 3.63) is 40.1 Å². The minimum absolute atomic E-state index is 0.0340. The monoisotopic (exact) mass is 399 g/mol. The molecule has 2 aliphatic rings. The molecule has 2 saturated heterocycles. The normalized spacial score (nSPS) is 24.0. The van der Waals surface area contributed by atoms with Crippen molar-refractivity contribution < 1.29 is 9.53 Å². The van der Waals surface area contributed by atoms with E-state index < -0.39 is 0 Å². The standard InChI is InChI=1S/C21H29N5O3/c1-21(2,3)18-12-25(23-22-18)15-8-13-6-7-14(9-15)26(13)20(28)16-11-24(4)19(27)10-17(16)29-5/h10-15H,6-9H2,1-5H3. The van der Waals surface area contributed by atoms with Gasteiger partial charge in [0.2, 0.25) is 0 Å². The molecule has 2 aliphatic heterocycles. The first-order valence-electron chi connectivity index (χ1n) is 10.2. The van der Waals surface area contributed by atoms with Crippen LogP contribution in [0.25, 0.3) is 0 Å². The van der Waals surface area contributed by atoms with Crippen LogP contribution in [0.5, 0.6) is 5.75 Å². The summed E-state index contributed by atoms with van der Waals surface area (Å²) in [6, 6.07) is 1.96. The molecule has 0 saturated carbocycles. The topological polar surface area (TPSA) is 82.2 Å². The van der Waals surface area contributed by atoms with E-state index in [0.29, 0.717) is 11.3 Å². The molecule has 0 spiro atoms. The van der Waals surface area contributed by atoms with Crippen LogP contribution in [0.1, 0.15) is 68.5 Å². The zero-order valence-corrected chi connectivity index (χ0v) is 17.8. The minimum Gasteiger partial charge on any atom is -0.496 e. The Morgan fingerprint density at radius 3 is 2.34 bits per heavy atom. The maximum Gasteiger partial charge on any atom is 0.259 e. The Kier molecular flexibility index (Phi) is 4.75. The molecule has 4 rings (SSSR count). The first kappa shape index (κ1) is 19.7. The first-order chi connectivity index (χ1) is 13.7. The Bertz CT molecular complexity index is 973. The number of pyridine rings is 1. The summed E-state index contributed by atoms with van der Waals surface area (Å²) in [4.78, 5) is 27.3. The van der Waals surface area contributed by atoms with Crippen LogP contribution < -0.4 is 10.3 Å². The summed E-state index contributed by atoms with van der Waals surface area (Å²) < 4.78 is 8.74. The summed E-state index contributed by atoms with van der Waals surface area (Å²) in [5.74, 6) is 0.281. The van der Waals surface area contributed by atoms with Crippen LogP contribution in [0, 0.1) is 0 Å². The summed E-state index contributed by atoms with van der Waals surface area (Å²) in [5.41, 5.74) is 1.20. The second-order valence-electron chi connectivity index (χ2n) is 9.26. The molecule has 0 aliphatic carbocycles. The molecule has 8 heteroatoms. The van der Waals surface area contributed by atoms with Crippen molar-refractivity contribution in [2.75, 3.05) is 7.11 Å². The van der Waals surface area contributed by atoms with Crippen LogP contribution in [0.2, 0.25) is 0 Å². The van der Waals surface area contributed by atoms with E-state index in [1.165, 1.54) is 17.7 Å². The number of ether oxygens (including phenoxy) is 1. The summed E-state index contributed by atoms with van der Waals surface area (Å²) >= 11 is 0. The maximum absolute atomic E-state index is 13.4. The van der Waals surface area contributed by atoms with E-state index in [-0.39, 0.29) is 35.0 Å². The van der Waals surface area contributed by atoms with E-state index in [0.717, 1.165) is 31.4 Å². The fourth-order valence-corrected chi connectivity index (χ4v) is 4.58. The van der Waals surface area contributed by atoms with Crippen molar-refractivity contribution in [3.8, 4) is 5.75 Å². The van der Waals surface area contributed by atoms with Gasteiger partial charge in [-0.1, -0.05) is 26.0 Å². The molecule has 8 nitrogen and oxygen atoms in total. The van der Waals surface area contributed by atoms with Gasteiger partial charge in [-0.3, -0.25) is 9.59 Å². The number of carbonyl (C=O) groups is 1. The minimum atomic E-state index is -0.194. The quantitative estimate of drug-likeness (QED) is 0.791. The third-order valence-corrected chi connectivity index (χ3v) is 6.24. The van der Waals surface area contributed by atoms with Crippen molar-refractivity contribution in [3.63, 3.8) is 0 Å². The highest BCUT2D eigenvalue weighted by atomic mass is 16.5. The van der Waals surface area contributed by atoms with Gasteiger partial charge < -0.3 is 14.2 Å². The third-order valence-electron chi connectivity index (χ3n) is 6.24. The second kappa shape index (κ2) is 7.00. The molecule has 0 N–H and O–H groups in total. The van der Waals surface area contributed by atoms with Crippen molar-refractivity contribution in [2.45, 2.75) is 70.0 Å². The van der Waals surface area contributed by atoms with Crippen molar-refractivity contribution in [1.29, 1.82) is 0 Å². The number of hydrogen-bond acceptors (Lipinski definition) is 5. The molecule has 29 heavy (non-hydrogen) atoms. The number of rotatable bonds is 3. The number of methoxy groups -OCH3 is 1. The van der Waals surface area contributed by atoms with Gasteiger partial charge >= 0.3 is 0 Å². The molecule has 2 aromatic heterocycles. The Labute approximate surface area is 170 Å². The lowest BCUT2D eigenvalue weighted by Crippen LogP contribution is -2.47. The van der Waals surface area contributed by atoms with E-state index in [4.69, 9.17) is 4.74 Å². The van der Waals surface area contributed by atoms with Gasteiger partial charge in [-0.25, -0.2) is 4.68 Å². The average molecular weight is 399 g/mol. The van der Waals surface area contributed by atoms with Crippen LogP contribution in [-0.4, -0.2) is 49.6 Å². The number of hydrogen-bond donors (Lipinski definition) is 0. The molecule has 2 aromatic rings. The highest BCUT2D eigenvalue weighted by Gasteiger charge is 2.45. The van der Waals surface area contributed by atoms with Crippen LogP contribution in [0.4, 0.5) is 0 Å². The number of aryl methyl sites for hydroxylation is 1. The summed E-state index contributed by atoms with van der Waals surface area (Å²) in [6.07, 6.45) is 7.34. The van der Waals surface area contributed by atoms with Crippen LogP contribution in [-0.2, 0) is 12.5 Å². The van der Waals surface area contributed by atoms with E-state index >= 15 is 0 Å². The molecule has 1 amide bonds. The number of fused-ring (bicyclic) bond motifs is 2. The molecule has 0 radical (unpaired) electrons. The highest BCUT2D eigenvalue weighted by molar-refractivity contribution is 5.97. The van der Waals surface area contributed by atoms with E-state index in [1.54, 1.807) is 13.2 Å². The Morgan fingerprint density at radius 2 is 1.79 bits per heavy atom. The van der Waals surface area contributed by atoms with Crippen LogP contribution in [0.15, 0.2) is 23.3 Å². The SMILES string of the molecule is COc1cc(=O)n(C)cc1C(=O)N1C2CCC1CC(n1cc(C(C)(C)C)nn1)C2. The zero-order chi connectivity index (χ0) is 20.9. The number of aromatic nitrogens is 4. The van der Waals surface area contributed by atoms with E-state index in [1.807, 2.05) is 9.58 Å². The number of amides is 1. The zero-order valence-electron chi connectivity index (χ0n) is 17.8. The summed E-state index contributed by atoms with van der Waals surface area (Å²) in [6.45, 7) is 6.40. The number of carbonyl (C=O) groups excluding carboxylic acids is 1. The molecule has 2 fully saturated rings. The first-order valence-corrected chi connectivity index (χ1v) is 10.2. The molecule has 156 valence electrons. The van der Waals surface area contributed by atoms with E-state index in [9.17, 15) is 9.59 Å². The lowest BCUT2D eigenvalue weighted by atomic mass is 9.92. The largest absolute Gasteiger partial charge is 0.496 e.